The second-order valence-corrected chi connectivity index (χ2v) is 20.2. The van der Waals surface area contributed by atoms with Crippen molar-refractivity contribution in [1.82, 2.24) is 5.32 Å². The zero-order chi connectivity index (χ0) is 48.4. The average Bonchev–Trinajstić information content (AvgIpc) is 3.29. The Bertz CT molecular complexity index is 1270. The van der Waals surface area contributed by atoms with Gasteiger partial charge in [0.1, 0.15) is 24.4 Å². The molecule has 13 heteroatoms. The topological polar surface area (TPSA) is 192 Å². The molecule has 1 aliphatic heterocycles. The van der Waals surface area contributed by atoms with Gasteiger partial charge in [-0.25, -0.2) is 4.18 Å². The van der Waals surface area contributed by atoms with Crippen LogP contribution in [0.25, 0.3) is 0 Å². The van der Waals surface area contributed by atoms with Crippen LogP contribution in [0.15, 0.2) is 24.3 Å². The molecule has 7 atom stereocenters. The summed E-state index contributed by atoms with van der Waals surface area (Å²) in [5, 5.41) is 45.1. The molecule has 0 aromatic rings. The van der Waals surface area contributed by atoms with E-state index < -0.39 is 59.9 Å². The lowest BCUT2D eigenvalue weighted by Gasteiger charge is -2.41. The third-order valence-electron chi connectivity index (χ3n) is 13.0. The molecule has 0 spiro atoms. The fourth-order valence-electron chi connectivity index (χ4n) is 8.85. The molecule has 6 N–H and O–H groups in total. The summed E-state index contributed by atoms with van der Waals surface area (Å²) in [4.78, 5) is 13.1. The molecule has 0 radical (unpaired) electrons. The van der Waals surface area contributed by atoms with E-state index in [2.05, 4.69) is 47.7 Å². The second-order valence-electron chi connectivity index (χ2n) is 19.1. The van der Waals surface area contributed by atoms with Crippen molar-refractivity contribution in [3.63, 3.8) is 0 Å². The zero-order valence-electron chi connectivity index (χ0n) is 42.0. The van der Waals surface area contributed by atoms with Crippen molar-refractivity contribution in [1.29, 1.82) is 0 Å². The minimum atomic E-state index is -5.08. The SMILES string of the molecule is CC/C=C\C/C=C\CCCCCCCCCCCCCCCCC(=O)NC(COC1OC(CO)C(O)C(OS(=O)(=O)O)C1O)C(O)CCCCCCCCCCCCCCCCCCCC. The van der Waals surface area contributed by atoms with Crippen molar-refractivity contribution in [2.24, 2.45) is 0 Å². The van der Waals surface area contributed by atoms with Crippen molar-refractivity contribution in [2.75, 3.05) is 13.2 Å². The van der Waals surface area contributed by atoms with Crippen molar-refractivity contribution in [3.05, 3.63) is 24.3 Å². The summed E-state index contributed by atoms with van der Waals surface area (Å²) < 4.78 is 47.9. The Morgan fingerprint density at radius 3 is 1.52 bits per heavy atom. The molecule has 0 aliphatic carbocycles. The highest BCUT2D eigenvalue weighted by molar-refractivity contribution is 7.80. The Labute approximate surface area is 403 Å². The number of hydrogen-bond donors (Lipinski definition) is 6. The molecule has 1 amide bonds. The number of hydrogen-bond acceptors (Lipinski definition) is 10. The Balaban J connectivity index is 2.38. The van der Waals surface area contributed by atoms with Crippen molar-refractivity contribution >= 4 is 16.3 Å². The van der Waals surface area contributed by atoms with Crippen molar-refractivity contribution in [2.45, 2.75) is 294 Å². The average molecular weight is 960 g/mol. The van der Waals surface area contributed by atoms with E-state index in [-0.39, 0.29) is 12.5 Å². The fraction of sp³-hybridized carbons (Fsp3) is 0.906. The first-order valence-corrected chi connectivity index (χ1v) is 28.6. The number of carbonyl (C=O) groups excluding carboxylic acids is 1. The van der Waals surface area contributed by atoms with E-state index >= 15 is 0 Å². The van der Waals surface area contributed by atoms with E-state index in [1.54, 1.807) is 0 Å². The molecule has 1 rings (SSSR count). The second kappa shape index (κ2) is 43.6. The number of allylic oxidation sites excluding steroid dienone is 4. The van der Waals surface area contributed by atoms with Crippen LogP contribution in [0, 0.1) is 0 Å². The summed E-state index contributed by atoms with van der Waals surface area (Å²) in [6, 6.07) is -0.857. The van der Waals surface area contributed by atoms with Gasteiger partial charge in [-0.3, -0.25) is 9.35 Å². The van der Waals surface area contributed by atoms with Gasteiger partial charge >= 0.3 is 10.4 Å². The van der Waals surface area contributed by atoms with E-state index in [1.807, 2.05) is 0 Å². The monoisotopic (exact) mass is 960 g/mol. The molecule has 7 unspecified atom stereocenters. The van der Waals surface area contributed by atoms with E-state index in [1.165, 1.54) is 161 Å². The summed E-state index contributed by atoms with van der Waals surface area (Å²) in [5.74, 6) is -0.228. The fourth-order valence-corrected chi connectivity index (χ4v) is 9.36. The van der Waals surface area contributed by atoms with E-state index in [0.717, 1.165) is 64.2 Å². The Hall–Kier alpha value is -1.42. The lowest BCUT2D eigenvalue weighted by Crippen LogP contribution is -2.61. The van der Waals surface area contributed by atoms with Crippen molar-refractivity contribution in [3.8, 4) is 0 Å². The van der Waals surface area contributed by atoms with Crippen LogP contribution in [0.3, 0.4) is 0 Å². The highest BCUT2D eigenvalue weighted by atomic mass is 32.3. The summed E-state index contributed by atoms with van der Waals surface area (Å²) >= 11 is 0. The van der Waals surface area contributed by atoms with Gasteiger partial charge in [-0.15, -0.1) is 0 Å². The first-order chi connectivity index (χ1) is 32.0. The van der Waals surface area contributed by atoms with Crippen LogP contribution in [0.5, 0.6) is 0 Å². The van der Waals surface area contributed by atoms with Crippen molar-refractivity contribution < 1.29 is 51.8 Å². The summed E-state index contributed by atoms with van der Waals surface area (Å²) in [6.07, 6.45) is 43.2. The largest absolute Gasteiger partial charge is 0.397 e. The third kappa shape index (κ3) is 35.7. The molecule has 1 fully saturated rings. The third-order valence-corrected chi connectivity index (χ3v) is 13.5. The Kier molecular flexibility index (Phi) is 41.3. The van der Waals surface area contributed by atoms with Crippen LogP contribution in [-0.4, -0.2) is 95.4 Å². The molecule has 0 aromatic carbocycles. The molecule has 1 aliphatic rings. The Morgan fingerprint density at radius 1 is 0.621 bits per heavy atom. The van der Waals surface area contributed by atoms with Gasteiger partial charge in [0.15, 0.2) is 6.29 Å². The van der Waals surface area contributed by atoms with Gasteiger partial charge in [-0.1, -0.05) is 231 Å². The van der Waals surface area contributed by atoms with Gasteiger partial charge in [0, 0.05) is 6.42 Å². The standard InChI is InChI=1S/C53H101NO11S/c1-3-5-7-9-11-13-15-17-19-21-23-24-25-27-29-31-33-35-37-39-41-43-49(57)54-46(45-63-53-51(59)52(65-66(60,61)62)50(58)48(44-55)64-53)47(56)42-40-38-36-34-32-30-28-26-22-20-18-16-14-12-10-8-6-4-2/h5,7,11,13,46-48,50-53,55-56,58-59H,3-4,6,8-10,12,14-45H2,1-2H3,(H,54,57)(H,60,61,62)/b7-5-,13-11-. The normalized spacial score (nSPS) is 20.1. The molecule has 390 valence electrons. The number of ether oxygens (including phenoxy) is 2. The smallest absolute Gasteiger partial charge is 0.394 e. The van der Waals surface area contributed by atoms with Crippen LogP contribution in [0.1, 0.15) is 251 Å². The van der Waals surface area contributed by atoms with Crippen LogP contribution in [0.2, 0.25) is 0 Å². The van der Waals surface area contributed by atoms with Crippen LogP contribution in [0.4, 0.5) is 0 Å². The van der Waals surface area contributed by atoms with Gasteiger partial charge in [-0.05, 0) is 38.5 Å². The molecular formula is C53H101NO11S. The van der Waals surface area contributed by atoms with Gasteiger partial charge in [0.2, 0.25) is 5.91 Å². The number of rotatable bonds is 47. The summed E-state index contributed by atoms with van der Waals surface area (Å²) in [6.45, 7) is 3.38. The maximum Gasteiger partial charge on any atom is 0.397 e. The molecular weight excluding hydrogens is 859 g/mol. The number of unbranched alkanes of at least 4 members (excludes halogenated alkanes) is 31. The number of aliphatic hydroxyl groups is 4. The number of nitrogens with one attached hydrogen (secondary N) is 1. The van der Waals surface area contributed by atoms with Crippen LogP contribution >= 0.6 is 0 Å². The maximum absolute atomic E-state index is 13.1. The molecule has 0 bridgehead atoms. The number of amides is 1. The predicted molar refractivity (Wildman–Crippen MR) is 269 cm³/mol. The first kappa shape index (κ1) is 62.6. The number of aliphatic hydroxyl groups excluding tert-OH is 4. The van der Waals surface area contributed by atoms with Crippen LogP contribution in [-0.2, 0) is 28.9 Å². The zero-order valence-corrected chi connectivity index (χ0v) is 42.8. The summed E-state index contributed by atoms with van der Waals surface area (Å²) in [5.41, 5.74) is 0. The molecule has 66 heavy (non-hydrogen) atoms. The van der Waals surface area contributed by atoms with E-state index in [9.17, 15) is 38.2 Å². The minimum Gasteiger partial charge on any atom is -0.394 e. The highest BCUT2D eigenvalue weighted by Crippen LogP contribution is 2.26. The summed E-state index contributed by atoms with van der Waals surface area (Å²) in [7, 11) is -5.08. The highest BCUT2D eigenvalue weighted by Gasteiger charge is 2.48. The lowest BCUT2D eigenvalue weighted by atomic mass is 9.99. The molecule has 0 aromatic heterocycles. The van der Waals surface area contributed by atoms with Gasteiger partial charge < -0.3 is 35.2 Å². The lowest BCUT2D eigenvalue weighted by molar-refractivity contribution is -0.298. The van der Waals surface area contributed by atoms with E-state index in [4.69, 9.17) is 9.47 Å². The number of carbonyl (C=O) groups is 1. The van der Waals surface area contributed by atoms with Gasteiger partial charge in [0.25, 0.3) is 0 Å². The maximum atomic E-state index is 13.1. The molecule has 1 saturated heterocycles. The molecule has 0 saturated carbocycles. The van der Waals surface area contributed by atoms with Gasteiger partial charge in [-0.2, -0.15) is 8.42 Å². The van der Waals surface area contributed by atoms with Crippen LogP contribution < -0.4 is 5.32 Å². The molecule has 12 nitrogen and oxygen atoms in total. The van der Waals surface area contributed by atoms with Gasteiger partial charge in [0.05, 0.1) is 25.4 Å². The van der Waals surface area contributed by atoms with E-state index in [0.29, 0.717) is 12.8 Å². The molecule has 1 heterocycles. The minimum absolute atomic E-state index is 0.228. The Morgan fingerprint density at radius 2 is 1.06 bits per heavy atom. The first-order valence-electron chi connectivity index (χ1n) is 27.2. The predicted octanol–water partition coefficient (Wildman–Crippen LogP) is 12.1. The quantitative estimate of drug-likeness (QED) is 0.0193.